The Labute approximate surface area is 170 Å². The third-order valence-corrected chi connectivity index (χ3v) is 6.78. The first kappa shape index (κ1) is 21.0. The molecule has 2 aromatic heterocycles. The van der Waals surface area contributed by atoms with E-state index in [2.05, 4.69) is 36.1 Å². The van der Waals surface area contributed by atoms with Crippen molar-refractivity contribution < 1.29 is 9.53 Å². The van der Waals surface area contributed by atoms with Crippen molar-refractivity contribution in [1.82, 2.24) is 15.3 Å². The van der Waals surface area contributed by atoms with Crippen LogP contribution < -0.4 is 10.9 Å². The molecule has 0 fully saturated rings. The number of methoxy groups -OCH3 is 1. The summed E-state index contributed by atoms with van der Waals surface area (Å²) >= 11 is 1.66. The van der Waals surface area contributed by atoms with Gasteiger partial charge < -0.3 is 15.0 Å². The molecule has 2 aromatic rings. The third kappa shape index (κ3) is 4.81. The summed E-state index contributed by atoms with van der Waals surface area (Å²) in [6.07, 6.45) is 4.64. The highest BCUT2D eigenvalue weighted by Crippen LogP contribution is 2.41. The Hall–Kier alpha value is -1.73. The molecule has 0 aliphatic heterocycles. The zero-order valence-corrected chi connectivity index (χ0v) is 18.1. The maximum Gasteiger partial charge on any atom is 0.259 e. The number of ether oxygens (including phenoxy) is 1. The maximum absolute atomic E-state index is 12.7. The Morgan fingerprint density at radius 3 is 2.89 bits per heavy atom. The van der Waals surface area contributed by atoms with Gasteiger partial charge in [-0.3, -0.25) is 9.59 Å². The van der Waals surface area contributed by atoms with Gasteiger partial charge in [-0.25, -0.2) is 4.98 Å². The van der Waals surface area contributed by atoms with Crippen molar-refractivity contribution >= 4 is 27.5 Å². The number of aromatic amines is 1. The minimum Gasteiger partial charge on any atom is -0.385 e. The van der Waals surface area contributed by atoms with Crippen LogP contribution in [0.25, 0.3) is 10.2 Å². The molecule has 0 saturated heterocycles. The minimum atomic E-state index is -0.0628. The minimum absolute atomic E-state index is 0.0302. The lowest BCUT2D eigenvalue weighted by atomic mass is 9.72. The van der Waals surface area contributed by atoms with Crippen molar-refractivity contribution in [3.05, 3.63) is 26.6 Å². The number of hydrogen-bond acceptors (Lipinski definition) is 5. The van der Waals surface area contributed by atoms with Gasteiger partial charge in [-0.05, 0) is 42.6 Å². The van der Waals surface area contributed by atoms with Gasteiger partial charge in [-0.15, -0.1) is 11.3 Å². The number of H-pyrrole nitrogens is 1. The zero-order valence-electron chi connectivity index (χ0n) is 17.3. The molecule has 0 aromatic carbocycles. The molecule has 0 saturated carbocycles. The molecule has 1 aliphatic carbocycles. The molecule has 1 unspecified atom stereocenters. The summed E-state index contributed by atoms with van der Waals surface area (Å²) in [5.41, 5.74) is 1.40. The van der Waals surface area contributed by atoms with Gasteiger partial charge in [0.15, 0.2) is 0 Å². The lowest BCUT2D eigenvalue weighted by molar-refractivity contribution is -0.121. The molecule has 7 heteroatoms. The van der Waals surface area contributed by atoms with E-state index in [4.69, 9.17) is 4.74 Å². The van der Waals surface area contributed by atoms with E-state index in [9.17, 15) is 9.59 Å². The van der Waals surface area contributed by atoms with Crippen LogP contribution in [0.1, 0.15) is 56.3 Å². The van der Waals surface area contributed by atoms with Crippen molar-refractivity contribution in [2.75, 3.05) is 20.3 Å². The number of aryl methyl sites for hydroxylation is 2. The van der Waals surface area contributed by atoms with Gasteiger partial charge in [-0.2, -0.15) is 0 Å². The van der Waals surface area contributed by atoms with Crippen molar-refractivity contribution in [3.8, 4) is 0 Å². The summed E-state index contributed by atoms with van der Waals surface area (Å²) in [6.45, 7) is 8.10. The Balaban J connectivity index is 1.70. The number of carbonyl (C=O) groups excluding carboxylic acids is 1. The molecule has 0 radical (unpaired) electrons. The summed E-state index contributed by atoms with van der Waals surface area (Å²) < 4.78 is 4.97. The van der Waals surface area contributed by atoms with Crippen LogP contribution in [0.3, 0.4) is 0 Å². The molecule has 6 nitrogen and oxygen atoms in total. The number of aromatic nitrogens is 2. The molecular weight excluding hydrogens is 374 g/mol. The van der Waals surface area contributed by atoms with E-state index < -0.39 is 0 Å². The quantitative estimate of drug-likeness (QED) is 0.693. The molecule has 1 atom stereocenters. The maximum atomic E-state index is 12.7. The molecule has 0 bridgehead atoms. The molecule has 1 amide bonds. The first-order chi connectivity index (χ1) is 13.3. The second-order valence-corrected chi connectivity index (χ2v) is 9.78. The number of amides is 1. The fraction of sp³-hybridized carbons (Fsp3) is 0.667. The van der Waals surface area contributed by atoms with Crippen molar-refractivity contribution in [3.63, 3.8) is 0 Å². The third-order valence-electron chi connectivity index (χ3n) is 5.63. The second-order valence-electron chi connectivity index (χ2n) is 8.70. The predicted molar refractivity (Wildman–Crippen MR) is 113 cm³/mol. The Morgan fingerprint density at radius 1 is 1.39 bits per heavy atom. The summed E-state index contributed by atoms with van der Waals surface area (Å²) in [5, 5.41) is 3.63. The first-order valence-electron chi connectivity index (χ1n) is 10.1. The molecule has 1 aliphatic rings. The summed E-state index contributed by atoms with van der Waals surface area (Å²) in [7, 11) is 1.64. The molecule has 154 valence electrons. The molecule has 2 N–H and O–H groups in total. The van der Waals surface area contributed by atoms with Crippen LogP contribution in [0, 0.1) is 11.3 Å². The fourth-order valence-electron chi connectivity index (χ4n) is 3.85. The van der Waals surface area contributed by atoms with Crippen LogP contribution in [-0.4, -0.2) is 36.1 Å². The van der Waals surface area contributed by atoms with E-state index in [1.807, 2.05) is 0 Å². The van der Waals surface area contributed by atoms with Crippen LogP contribution in [0.4, 0.5) is 0 Å². The number of thiophene rings is 1. The zero-order chi connectivity index (χ0) is 20.3. The monoisotopic (exact) mass is 405 g/mol. The van der Waals surface area contributed by atoms with Crippen molar-refractivity contribution in [2.45, 2.75) is 59.3 Å². The molecule has 3 rings (SSSR count). The van der Waals surface area contributed by atoms with Gasteiger partial charge in [0.1, 0.15) is 10.7 Å². The Kier molecular flexibility index (Phi) is 6.55. The van der Waals surface area contributed by atoms with E-state index in [-0.39, 0.29) is 16.9 Å². The average molecular weight is 406 g/mol. The number of hydrogen-bond donors (Lipinski definition) is 2. The number of rotatable bonds is 7. The number of nitrogens with one attached hydrogen (secondary N) is 2. The molecule has 2 heterocycles. The van der Waals surface area contributed by atoms with Gasteiger partial charge in [0, 0.05) is 38.0 Å². The summed E-state index contributed by atoms with van der Waals surface area (Å²) in [4.78, 5) is 34.3. The molecule has 28 heavy (non-hydrogen) atoms. The Morgan fingerprint density at radius 2 is 2.18 bits per heavy atom. The van der Waals surface area contributed by atoms with Crippen LogP contribution in [0.5, 0.6) is 0 Å². The molecular formula is C21H31N3O3S. The fourth-order valence-corrected chi connectivity index (χ4v) is 5.17. The summed E-state index contributed by atoms with van der Waals surface area (Å²) in [5.74, 6) is 1.20. The van der Waals surface area contributed by atoms with Crippen molar-refractivity contribution in [2.24, 2.45) is 11.3 Å². The topological polar surface area (TPSA) is 84.1 Å². The standard InChI is InChI=1S/C21H31N3O3S/c1-21(2,3)13-6-7-14-15(12-13)28-20-18(14)19(26)23-16(24-20)8-9-17(25)22-10-5-11-27-4/h13H,5-12H2,1-4H3,(H,22,25)(H,23,24,26). The van der Waals surface area contributed by atoms with Crippen LogP contribution >= 0.6 is 11.3 Å². The predicted octanol–water partition coefficient (Wildman–Crippen LogP) is 3.22. The smallest absolute Gasteiger partial charge is 0.259 e. The van der Waals surface area contributed by atoms with E-state index >= 15 is 0 Å². The second kappa shape index (κ2) is 8.74. The van der Waals surface area contributed by atoms with Gasteiger partial charge in [0.2, 0.25) is 5.91 Å². The first-order valence-corrected chi connectivity index (χ1v) is 10.9. The lowest BCUT2D eigenvalue weighted by Gasteiger charge is -2.33. The largest absolute Gasteiger partial charge is 0.385 e. The van der Waals surface area contributed by atoms with E-state index in [0.717, 1.165) is 35.9 Å². The van der Waals surface area contributed by atoms with Crippen LogP contribution in [0.2, 0.25) is 0 Å². The van der Waals surface area contributed by atoms with Gasteiger partial charge in [-0.1, -0.05) is 20.8 Å². The average Bonchev–Trinajstić information content (AvgIpc) is 3.01. The van der Waals surface area contributed by atoms with E-state index in [0.29, 0.717) is 37.7 Å². The summed E-state index contributed by atoms with van der Waals surface area (Å²) in [6, 6.07) is 0. The van der Waals surface area contributed by atoms with E-state index in [1.54, 1.807) is 18.4 Å². The Bertz CT molecular complexity index is 895. The number of nitrogens with zero attached hydrogens (tertiary/aromatic N) is 1. The van der Waals surface area contributed by atoms with Gasteiger partial charge >= 0.3 is 0 Å². The SMILES string of the molecule is COCCCNC(=O)CCc1nc2sc3c(c2c(=O)[nH]1)CCC(C(C)(C)C)C3. The van der Waals surface area contributed by atoms with E-state index in [1.165, 1.54) is 10.4 Å². The van der Waals surface area contributed by atoms with Crippen LogP contribution in [0.15, 0.2) is 4.79 Å². The van der Waals surface area contributed by atoms with Gasteiger partial charge in [0.25, 0.3) is 5.56 Å². The number of fused-ring (bicyclic) bond motifs is 3. The highest BCUT2D eigenvalue weighted by molar-refractivity contribution is 7.18. The lowest BCUT2D eigenvalue weighted by Crippen LogP contribution is -2.26. The highest BCUT2D eigenvalue weighted by atomic mass is 32.1. The highest BCUT2D eigenvalue weighted by Gasteiger charge is 2.31. The van der Waals surface area contributed by atoms with Crippen molar-refractivity contribution in [1.29, 1.82) is 0 Å². The number of carbonyl (C=O) groups is 1. The van der Waals surface area contributed by atoms with Gasteiger partial charge in [0.05, 0.1) is 5.39 Å². The normalized spacial score (nSPS) is 16.9. The molecule has 0 spiro atoms. The van der Waals surface area contributed by atoms with Crippen LogP contribution in [-0.2, 0) is 28.8 Å².